The van der Waals surface area contributed by atoms with Gasteiger partial charge in [0.15, 0.2) is 0 Å². The lowest BCUT2D eigenvalue weighted by molar-refractivity contribution is 2.01. The van der Waals surface area contributed by atoms with Gasteiger partial charge in [0.2, 0.25) is 0 Å². The topological polar surface area (TPSA) is 0 Å². The third kappa shape index (κ3) is 6.11. The third-order valence-corrected chi connectivity index (χ3v) is 0.394. The van der Waals surface area contributed by atoms with Crippen LogP contribution in [0.15, 0.2) is 0 Å². The van der Waals surface area contributed by atoms with E-state index in [1.165, 1.54) is 0 Å². The van der Waals surface area contributed by atoms with Crippen molar-refractivity contribution in [2.24, 2.45) is 0 Å². The third-order valence-electron chi connectivity index (χ3n) is 0.394. The first-order valence-electron chi connectivity index (χ1n) is 2.08. The van der Waals surface area contributed by atoms with Crippen LogP contribution in [0.25, 0.3) is 0 Å². The van der Waals surface area contributed by atoms with Crippen molar-refractivity contribution in [3.05, 3.63) is 6.42 Å². The number of rotatable bonds is 0. The van der Waals surface area contributed by atoms with E-state index in [9.17, 15) is 0 Å². The molecule has 0 aromatic carbocycles. The van der Waals surface area contributed by atoms with Crippen molar-refractivity contribution in [2.45, 2.75) is 0 Å². The molecule has 9 heavy (non-hydrogen) atoms. The molecule has 0 fully saturated rings. The zero-order valence-electron chi connectivity index (χ0n) is 4.65. The zero-order valence-corrected chi connectivity index (χ0v) is 4.65. The molecule has 0 aromatic rings. The second-order valence-corrected chi connectivity index (χ2v) is 0.914. The smallest absolute Gasteiger partial charge is 0.0709 e. The summed E-state index contributed by atoms with van der Waals surface area (Å²) in [6.45, 7) is 0. The van der Waals surface area contributed by atoms with E-state index >= 15 is 0 Å². The average Bonchev–Trinajstić information content (AvgIpc) is 1.89. The number of terminal acetylenes is 2. The van der Waals surface area contributed by atoms with Crippen LogP contribution in [0, 0.1) is 54.8 Å². The first kappa shape index (κ1) is 7.11. The lowest BCUT2D eigenvalue weighted by Crippen LogP contribution is -1.58. The van der Waals surface area contributed by atoms with Crippen LogP contribution >= 0.6 is 0 Å². The van der Waals surface area contributed by atoms with Crippen molar-refractivity contribution in [1.82, 2.24) is 0 Å². The summed E-state index contributed by atoms with van der Waals surface area (Å²) in [4.78, 5) is 0. The highest BCUT2D eigenvalue weighted by Gasteiger charge is 1.47. The second-order valence-electron chi connectivity index (χ2n) is 0.914. The summed E-state index contributed by atoms with van der Waals surface area (Å²) in [5.74, 6) is 13.5. The van der Waals surface area contributed by atoms with Crippen molar-refractivity contribution in [3.8, 4) is 48.4 Å². The quantitative estimate of drug-likeness (QED) is 0.311. The minimum Gasteiger partial charge on any atom is -0.202 e. The van der Waals surface area contributed by atoms with Gasteiger partial charge < -0.3 is 0 Å². The SMILES string of the molecule is C#CC#C[C-]C#CC#C. The highest BCUT2D eigenvalue weighted by atomic mass is 13.6. The van der Waals surface area contributed by atoms with Gasteiger partial charge in [-0.05, 0) is 0 Å². The summed E-state index contributed by atoms with van der Waals surface area (Å²) in [5, 5.41) is 0. The van der Waals surface area contributed by atoms with Crippen LogP contribution in [-0.4, -0.2) is 0 Å². The monoisotopic (exact) mass is 110 g/mol. The van der Waals surface area contributed by atoms with Crippen LogP contribution in [0.5, 0.6) is 0 Å². The maximum absolute atomic E-state index is 4.79. The van der Waals surface area contributed by atoms with Gasteiger partial charge in [0.25, 0.3) is 0 Å². The molecule has 0 saturated heterocycles. The molecule has 0 unspecified atom stereocenters. The molecule has 0 atom stereocenters. The van der Waals surface area contributed by atoms with Crippen LogP contribution in [-0.2, 0) is 0 Å². The fraction of sp³-hybridized carbons (Fsp3) is 0. The molecule has 0 aromatic heterocycles. The molecular formula is C9H2-. The van der Waals surface area contributed by atoms with E-state index in [-0.39, 0.29) is 0 Å². The van der Waals surface area contributed by atoms with Crippen molar-refractivity contribution in [2.75, 3.05) is 0 Å². The highest BCUT2D eigenvalue weighted by molar-refractivity contribution is 5.35. The van der Waals surface area contributed by atoms with E-state index in [2.05, 4.69) is 41.9 Å². The largest absolute Gasteiger partial charge is 0.202 e. The van der Waals surface area contributed by atoms with E-state index in [1.54, 1.807) is 0 Å². The molecule has 0 heteroatoms. The van der Waals surface area contributed by atoms with Gasteiger partial charge in [0.05, 0.1) is 0 Å². The molecule has 0 saturated carbocycles. The van der Waals surface area contributed by atoms with Crippen LogP contribution < -0.4 is 0 Å². The fourth-order valence-corrected chi connectivity index (χ4v) is 0.166. The van der Waals surface area contributed by atoms with Crippen LogP contribution in [0.3, 0.4) is 0 Å². The van der Waals surface area contributed by atoms with E-state index in [4.69, 9.17) is 12.8 Å². The Hall–Kier alpha value is -1.89. The normalized spacial score (nSPS) is 3.78. The van der Waals surface area contributed by atoms with Gasteiger partial charge in [-0.15, -0.1) is 12.8 Å². The van der Waals surface area contributed by atoms with Crippen LogP contribution in [0.4, 0.5) is 0 Å². The molecule has 39 valence electrons. The van der Waals surface area contributed by atoms with Gasteiger partial charge in [-0.25, -0.2) is 11.8 Å². The van der Waals surface area contributed by atoms with Gasteiger partial charge in [0.1, 0.15) is 0 Å². The molecule has 0 heterocycles. The number of hydrogen-bond acceptors (Lipinski definition) is 0. The second kappa shape index (κ2) is 6.11. The maximum Gasteiger partial charge on any atom is -0.0709 e. The summed E-state index contributed by atoms with van der Waals surface area (Å²) < 4.78 is 0. The van der Waals surface area contributed by atoms with Gasteiger partial charge in [-0.2, -0.15) is 11.8 Å². The molecule has 0 aliphatic rings. The van der Waals surface area contributed by atoms with Crippen molar-refractivity contribution < 1.29 is 0 Å². The molecule has 0 spiro atoms. The lowest BCUT2D eigenvalue weighted by Gasteiger charge is -1.76. The fourth-order valence-electron chi connectivity index (χ4n) is 0.166. The Labute approximate surface area is 55.7 Å². The van der Waals surface area contributed by atoms with Gasteiger partial charge in [0, 0.05) is 0 Å². The molecular weight excluding hydrogens is 108 g/mol. The van der Waals surface area contributed by atoms with Crippen molar-refractivity contribution >= 4 is 0 Å². The first-order valence-corrected chi connectivity index (χ1v) is 2.08. The Kier molecular flexibility index (Phi) is 4.83. The Bertz CT molecular complexity index is 230. The summed E-state index contributed by atoms with van der Waals surface area (Å²) in [5.41, 5.74) is 0. The number of hydrogen-bond donors (Lipinski definition) is 0. The summed E-state index contributed by atoms with van der Waals surface area (Å²) in [6, 6.07) is 0. The molecule has 0 N–H and O–H groups in total. The summed E-state index contributed by atoms with van der Waals surface area (Å²) >= 11 is 0. The minimum absolute atomic E-state index is 2.10. The first-order chi connectivity index (χ1) is 4.41. The van der Waals surface area contributed by atoms with Crippen molar-refractivity contribution in [1.29, 1.82) is 0 Å². The Morgan fingerprint density at radius 3 is 1.67 bits per heavy atom. The van der Waals surface area contributed by atoms with E-state index in [0.29, 0.717) is 0 Å². The Balaban J connectivity index is 3.59. The van der Waals surface area contributed by atoms with E-state index in [1.807, 2.05) is 0 Å². The minimum atomic E-state index is 2.10. The highest BCUT2D eigenvalue weighted by Crippen LogP contribution is 1.64. The molecule has 0 nitrogen and oxygen atoms in total. The molecule has 0 rings (SSSR count). The van der Waals surface area contributed by atoms with Crippen molar-refractivity contribution in [3.63, 3.8) is 0 Å². The predicted molar refractivity (Wildman–Crippen MR) is 36.5 cm³/mol. The average molecular weight is 110 g/mol. The molecule has 0 aliphatic carbocycles. The van der Waals surface area contributed by atoms with Gasteiger partial charge in [-0.1, -0.05) is 18.3 Å². The van der Waals surface area contributed by atoms with Crippen LogP contribution in [0.1, 0.15) is 0 Å². The predicted octanol–water partition coefficient (Wildman–Crippen LogP) is 0.341. The zero-order chi connectivity index (χ0) is 6.95. The molecule has 0 aliphatic heterocycles. The summed E-state index contributed by atoms with van der Waals surface area (Å²) in [7, 11) is 0. The van der Waals surface area contributed by atoms with Gasteiger partial charge in [-0.3, -0.25) is 0 Å². The molecule has 0 amide bonds. The Morgan fingerprint density at radius 1 is 0.889 bits per heavy atom. The Morgan fingerprint density at radius 2 is 1.33 bits per heavy atom. The lowest BCUT2D eigenvalue weighted by atomic mass is 10.4. The molecule has 0 bridgehead atoms. The van der Waals surface area contributed by atoms with Crippen LogP contribution in [0.2, 0.25) is 0 Å². The molecule has 1 radical (unpaired) electrons. The van der Waals surface area contributed by atoms with E-state index < -0.39 is 0 Å². The standard InChI is InChI=1S/C9H2/c1-3-5-7-9-8-6-4-2/h1-2H/q-1. The summed E-state index contributed by atoms with van der Waals surface area (Å²) in [6.07, 6.45) is 12.0. The van der Waals surface area contributed by atoms with Gasteiger partial charge >= 0.3 is 0 Å². The van der Waals surface area contributed by atoms with E-state index in [0.717, 1.165) is 0 Å². The maximum atomic E-state index is 4.79.